The van der Waals surface area contributed by atoms with Crippen LogP contribution in [0.25, 0.3) is 0 Å². The van der Waals surface area contributed by atoms with Crippen molar-refractivity contribution in [3.05, 3.63) is 34.6 Å². The Bertz CT molecular complexity index is 653. The summed E-state index contributed by atoms with van der Waals surface area (Å²) in [5.74, 6) is 0.947. The summed E-state index contributed by atoms with van der Waals surface area (Å²) in [6, 6.07) is 3.40. The maximum Gasteiger partial charge on any atom is 0.258 e. The number of hydrogen-bond donors (Lipinski definition) is 2. The van der Waals surface area contributed by atoms with E-state index in [4.69, 9.17) is 11.6 Å². The summed E-state index contributed by atoms with van der Waals surface area (Å²) in [5, 5.41) is 10.5. The van der Waals surface area contributed by atoms with Gasteiger partial charge < -0.3 is 10.6 Å². The van der Waals surface area contributed by atoms with Gasteiger partial charge in [0.05, 0.1) is 16.3 Å². The molecule has 21 heavy (non-hydrogen) atoms. The Morgan fingerprint density at radius 1 is 1.43 bits per heavy atom. The first kappa shape index (κ1) is 15.3. The van der Waals surface area contributed by atoms with Crippen LogP contribution in [-0.4, -0.2) is 27.2 Å². The SMILES string of the molecule is CCCNc1ncc(C(=O)Nc2cc(C)nn2C)cc1Cl. The van der Waals surface area contributed by atoms with Crippen LogP contribution in [0.4, 0.5) is 11.6 Å². The molecule has 2 N–H and O–H groups in total. The molecule has 0 fully saturated rings. The molecule has 0 aliphatic carbocycles. The second-order valence-corrected chi connectivity index (χ2v) is 5.14. The van der Waals surface area contributed by atoms with E-state index in [1.165, 1.54) is 6.20 Å². The predicted octanol–water partition coefficient (Wildman–Crippen LogP) is 2.85. The molecule has 0 unspecified atom stereocenters. The van der Waals surface area contributed by atoms with Crippen molar-refractivity contribution in [2.75, 3.05) is 17.2 Å². The zero-order valence-electron chi connectivity index (χ0n) is 12.3. The summed E-state index contributed by atoms with van der Waals surface area (Å²) in [4.78, 5) is 16.4. The molecule has 2 aromatic heterocycles. The van der Waals surface area contributed by atoms with Gasteiger partial charge in [0.15, 0.2) is 0 Å². The number of hydrogen-bond acceptors (Lipinski definition) is 4. The minimum Gasteiger partial charge on any atom is -0.369 e. The van der Waals surface area contributed by atoms with E-state index in [-0.39, 0.29) is 5.91 Å². The number of pyridine rings is 1. The predicted molar refractivity (Wildman–Crippen MR) is 83.9 cm³/mol. The Kier molecular flexibility index (Phi) is 4.80. The summed E-state index contributed by atoms with van der Waals surface area (Å²) in [6.45, 7) is 4.70. The fourth-order valence-electron chi connectivity index (χ4n) is 1.85. The highest BCUT2D eigenvalue weighted by atomic mass is 35.5. The first-order valence-corrected chi connectivity index (χ1v) is 7.10. The Morgan fingerprint density at radius 2 is 2.19 bits per heavy atom. The van der Waals surface area contributed by atoms with Crippen molar-refractivity contribution in [3.63, 3.8) is 0 Å². The zero-order chi connectivity index (χ0) is 15.4. The summed E-state index contributed by atoms with van der Waals surface area (Å²) in [7, 11) is 1.77. The number of aryl methyl sites for hydroxylation is 2. The topological polar surface area (TPSA) is 71.8 Å². The molecule has 0 radical (unpaired) electrons. The monoisotopic (exact) mass is 307 g/mol. The zero-order valence-corrected chi connectivity index (χ0v) is 13.0. The van der Waals surface area contributed by atoms with Gasteiger partial charge in [-0.3, -0.25) is 9.48 Å². The molecule has 0 aromatic carbocycles. The molecular weight excluding hydrogens is 290 g/mol. The molecule has 0 spiro atoms. The second kappa shape index (κ2) is 6.58. The maximum atomic E-state index is 12.2. The van der Waals surface area contributed by atoms with Crippen molar-refractivity contribution in [1.82, 2.24) is 14.8 Å². The van der Waals surface area contributed by atoms with Gasteiger partial charge in [0.1, 0.15) is 11.6 Å². The fourth-order valence-corrected chi connectivity index (χ4v) is 2.08. The first-order valence-electron chi connectivity index (χ1n) is 6.72. The lowest BCUT2D eigenvalue weighted by Crippen LogP contribution is -2.15. The number of amides is 1. The number of anilines is 2. The molecule has 2 aromatic rings. The van der Waals surface area contributed by atoms with Gasteiger partial charge in [-0.05, 0) is 19.4 Å². The third-order valence-electron chi connectivity index (χ3n) is 2.89. The van der Waals surface area contributed by atoms with Crippen LogP contribution in [-0.2, 0) is 7.05 Å². The lowest BCUT2D eigenvalue weighted by molar-refractivity contribution is 0.102. The van der Waals surface area contributed by atoms with Crippen LogP contribution in [0.1, 0.15) is 29.4 Å². The Labute approximate surface area is 128 Å². The molecule has 0 aliphatic rings. The van der Waals surface area contributed by atoms with Gasteiger partial charge in [-0.2, -0.15) is 5.10 Å². The van der Waals surface area contributed by atoms with Crippen molar-refractivity contribution in [2.45, 2.75) is 20.3 Å². The van der Waals surface area contributed by atoms with E-state index >= 15 is 0 Å². The average molecular weight is 308 g/mol. The van der Waals surface area contributed by atoms with Gasteiger partial charge >= 0.3 is 0 Å². The van der Waals surface area contributed by atoms with Crippen LogP contribution in [0, 0.1) is 6.92 Å². The van der Waals surface area contributed by atoms with E-state index in [0.717, 1.165) is 18.7 Å². The third kappa shape index (κ3) is 3.72. The molecule has 2 rings (SSSR count). The number of nitrogens with one attached hydrogen (secondary N) is 2. The number of rotatable bonds is 5. The molecule has 112 valence electrons. The van der Waals surface area contributed by atoms with Gasteiger partial charge in [0, 0.05) is 25.9 Å². The number of carbonyl (C=O) groups excluding carboxylic acids is 1. The number of carbonyl (C=O) groups is 1. The summed E-state index contributed by atoms with van der Waals surface area (Å²) >= 11 is 6.13. The molecule has 2 heterocycles. The minimum absolute atomic E-state index is 0.269. The van der Waals surface area contributed by atoms with Gasteiger partial charge in [-0.15, -0.1) is 0 Å². The average Bonchev–Trinajstić information content (AvgIpc) is 2.75. The largest absolute Gasteiger partial charge is 0.369 e. The highest BCUT2D eigenvalue weighted by molar-refractivity contribution is 6.33. The van der Waals surface area contributed by atoms with Crippen molar-refractivity contribution in [2.24, 2.45) is 7.05 Å². The minimum atomic E-state index is -0.269. The van der Waals surface area contributed by atoms with Gasteiger partial charge in [-0.25, -0.2) is 4.98 Å². The quantitative estimate of drug-likeness (QED) is 0.891. The van der Waals surface area contributed by atoms with Crippen molar-refractivity contribution >= 4 is 29.1 Å². The van der Waals surface area contributed by atoms with E-state index in [9.17, 15) is 4.79 Å². The van der Waals surface area contributed by atoms with Gasteiger partial charge in [0.2, 0.25) is 0 Å². The molecule has 0 atom stereocenters. The molecule has 0 saturated carbocycles. The van der Waals surface area contributed by atoms with Crippen molar-refractivity contribution in [1.29, 1.82) is 0 Å². The van der Waals surface area contributed by atoms with Crippen LogP contribution in [0.5, 0.6) is 0 Å². The Morgan fingerprint density at radius 3 is 2.76 bits per heavy atom. The third-order valence-corrected chi connectivity index (χ3v) is 3.18. The fraction of sp³-hybridized carbons (Fsp3) is 0.357. The first-order chi connectivity index (χ1) is 10.0. The Hall–Kier alpha value is -2.08. The lowest BCUT2D eigenvalue weighted by atomic mass is 10.2. The lowest BCUT2D eigenvalue weighted by Gasteiger charge is -2.08. The van der Waals surface area contributed by atoms with Crippen LogP contribution < -0.4 is 10.6 Å². The van der Waals surface area contributed by atoms with Crippen LogP contribution in [0.2, 0.25) is 5.02 Å². The molecule has 6 nitrogen and oxygen atoms in total. The van der Waals surface area contributed by atoms with E-state index in [2.05, 4.69) is 27.6 Å². The van der Waals surface area contributed by atoms with Crippen LogP contribution in [0.3, 0.4) is 0 Å². The highest BCUT2D eigenvalue weighted by Crippen LogP contribution is 2.20. The number of halogens is 1. The standard InChI is InChI=1S/C14H18ClN5O/c1-4-5-16-13-11(15)7-10(8-17-13)14(21)18-12-6-9(2)19-20(12)3/h6-8H,4-5H2,1-3H3,(H,16,17)(H,18,21). The molecule has 0 aliphatic heterocycles. The highest BCUT2D eigenvalue weighted by Gasteiger charge is 2.12. The van der Waals surface area contributed by atoms with Gasteiger partial charge in [-0.1, -0.05) is 18.5 Å². The van der Waals surface area contributed by atoms with E-state index in [0.29, 0.717) is 22.2 Å². The summed E-state index contributed by atoms with van der Waals surface area (Å²) in [5.41, 5.74) is 1.24. The smallest absolute Gasteiger partial charge is 0.258 e. The molecule has 1 amide bonds. The number of aromatic nitrogens is 3. The summed E-state index contributed by atoms with van der Waals surface area (Å²) < 4.78 is 1.61. The molecule has 0 saturated heterocycles. The van der Waals surface area contributed by atoms with E-state index in [1.807, 2.05) is 6.92 Å². The molecule has 0 bridgehead atoms. The van der Waals surface area contributed by atoms with Crippen LogP contribution in [0.15, 0.2) is 18.3 Å². The molecule has 7 heteroatoms. The normalized spacial score (nSPS) is 10.5. The van der Waals surface area contributed by atoms with Crippen molar-refractivity contribution < 1.29 is 4.79 Å². The van der Waals surface area contributed by atoms with Crippen LogP contribution >= 0.6 is 11.6 Å². The van der Waals surface area contributed by atoms with E-state index in [1.54, 1.807) is 23.9 Å². The molecular formula is C14H18ClN5O. The Balaban J connectivity index is 2.12. The van der Waals surface area contributed by atoms with E-state index < -0.39 is 0 Å². The summed E-state index contributed by atoms with van der Waals surface area (Å²) in [6.07, 6.45) is 2.47. The van der Waals surface area contributed by atoms with Gasteiger partial charge in [0.25, 0.3) is 5.91 Å². The maximum absolute atomic E-state index is 12.2. The second-order valence-electron chi connectivity index (χ2n) is 4.73. The number of nitrogens with zero attached hydrogens (tertiary/aromatic N) is 3. The van der Waals surface area contributed by atoms with Crippen molar-refractivity contribution in [3.8, 4) is 0 Å².